The number of nitrogens with zero attached hydrogens (tertiary/aromatic N) is 1. The number of amides is 2. The third kappa shape index (κ3) is 7.33. The third-order valence-electron chi connectivity index (χ3n) is 7.63. The monoisotopic (exact) mass is 537 g/mol. The molecule has 0 aromatic heterocycles. The highest BCUT2D eigenvalue weighted by atomic mass is 28.4. The molecular weight excluding hydrogens is 497 g/mol. The Kier molecular flexibility index (Phi) is 8.75. The van der Waals surface area contributed by atoms with Crippen LogP contribution in [0.3, 0.4) is 0 Å². The Morgan fingerprint density at radius 3 is 2.58 bits per heavy atom. The Morgan fingerprint density at radius 1 is 1.05 bits per heavy atom. The molecule has 1 fully saturated rings. The van der Waals surface area contributed by atoms with E-state index < -0.39 is 8.32 Å². The summed E-state index contributed by atoms with van der Waals surface area (Å²) in [5, 5.41) is 8.14. The second-order valence-electron chi connectivity index (χ2n) is 11.6. The molecule has 0 bridgehead atoms. The van der Waals surface area contributed by atoms with Crippen LogP contribution in [0.2, 0.25) is 18.1 Å². The minimum absolute atomic E-state index is 0.0654. The lowest BCUT2D eigenvalue weighted by Gasteiger charge is -2.36. The van der Waals surface area contributed by atoms with Gasteiger partial charge in [0.05, 0.1) is 12.3 Å². The van der Waals surface area contributed by atoms with E-state index in [0.29, 0.717) is 24.7 Å². The number of urea groups is 1. The van der Waals surface area contributed by atoms with Crippen LogP contribution in [0.5, 0.6) is 5.75 Å². The molecule has 1 aliphatic rings. The normalized spacial score (nSPS) is 16.5. The molecule has 4 rings (SSSR count). The topological polar surface area (TPSA) is 62.8 Å². The van der Waals surface area contributed by atoms with Crippen LogP contribution in [-0.4, -0.2) is 51.6 Å². The van der Waals surface area contributed by atoms with Gasteiger partial charge in [-0.1, -0.05) is 51.1 Å². The number of benzene rings is 3. The Balaban J connectivity index is 1.25. The van der Waals surface area contributed by atoms with E-state index in [1.807, 2.05) is 42.5 Å². The van der Waals surface area contributed by atoms with Gasteiger partial charge in [-0.25, -0.2) is 9.18 Å². The third-order valence-corrected chi connectivity index (χ3v) is 12.2. The highest BCUT2D eigenvalue weighted by Crippen LogP contribution is 2.36. The van der Waals surface area contributed by atoms with Crippen molar-refractivity contribution >= 4 is 30.8 Å². The molecule has 1 aliphatic heterocycles. The van der Waals surface area contributed by atoms with Crippen molar-refractivity contribution in [2.45, 2.75) is 57.9 Å². The van der Waals surface area contributed by atoms with Crippen LogP contribution in [0.15, 0.2) is 60.7 Å². The molecule has 204 valence electrons. The number of hydrogen-bond donors (Lipinski definition) is 2. The van der Waals surface area contributed by atoms with Gasteiger partial charge in [-0.2, -0.15) is 0 Å². The molecule has 0 radical (unpaired) electrons. The van der Waals surface area contributed by atoms with Crippen molar-refractivity contribution in [3.8, 4) is 5.75 Å². The van der Waals surface area contributed by atoms with Gasteiger partial charge in [-0.05, 0) is 71.2 Å². The van der Waals surface area contributed by atoms with E-state index in [-0.39, 0.29) is 22.9 Å². The van der Waals surface area contributed by atoms with E-state index in [2.05, 4.69) is 55.5 Å². The number of anilines is 1. The van der Waals surface area contributed by atoms with E-state index in [9.17, 15) is 9.18 Å². The van der Waals surface area contributed by atoms with Crippen LogP contribution in [0.25, 0.3) is 10.8 Å². The van der Waals surface area contributed by atoms with Crippen LogP contribution in [0, 0.1) is 5.82 Å². The first-order chi connectivity index (χ1) is 18.0. The first-order valence-corrected chi connectivity index (χ1v) is 16.2. The number of halogens is 1. The van der Waals surface area contributed by atoms with E-state index in [4.69, 9.17) is 9.16 Å². The molecule has 0 saturated carbocycles. The van der Waals surface area contributed by atoms with Gasteiger partial charge in [0.1, 0.15) is 18.2 Å². The minimum Gasteiger partial charge on any atom is -0.489 e. The molecule has 3 aromatic rings. The van der Waals surface area contributed by atoms with Crippen molar-refractivity contribution in [2.24, 2.45) is 0 Å². The highest BCUT2D eigenvalue weighted by molar-refractivity contribution is 6.74. The number of carbonyl (C=O) groups excluding carboxylic acids is 1. The standard InChI is InChI=1S/C30H40FN3O3Si/c1-30(2,3)38(4,5)37-17-16-36-28-9-7-6-8-27(28)33-29(35)32-26-14-15-34(21-26)20-22-10-11-24-19-25(31)13-12-23(24)18-22/h6-13,18-19,26H,14-17,20-21H2,1-5H3,(H2,32,33,35)/t26-/m1/s1. The van der Waals surface area contributed by atoms with E-state index >= 15 is 0 Å². The van der Waals surface area contributed by atoms with Crippen molar-refractivity contribution in [3.05, 3.63) is 72.0 Å². The summed E-state index contributed by atoms with van der Waals surface area (Å²) in [5.74, 6) is 0.410. The zero-order valence-electron chi connectivity index (χ0n) is 23.1. The SMILES string of the molecule is CC(C)(C)[Si](C)(C)OCCOc1ccccc1NC(=O)N[C@@H]1CCN(Cc2ccc3cc(F)ccc3c2)C1. The van der Waals surface area contributed by atoms with Gasteiger partial charge < -0.3 is 19.8 Å². The van der Waals surface area contributed by atoms with Crippen LogP contribution in [0.1, 0.15) is 32.8 Å². The molecule has 3 aromatic carbocycles. The van der Waals surface area contributed by atoms with Crippen LogP contribution in [-0.2, 0) is 11.0 Å². The summed E-state index contributed by atoms with van der Waals surface area (Å²) in [4.78, 5) is 15.1. The second-order valence-corrected chi connectivity index (χ2v) is 16.4. The molecule has 6 nitrogen and oxygen atoms in total. The van der Waals surface area contributed by atoms with Crippen molar-refractivity contribution in [2.75, 3.05) is 31.6 Å². The van der Waals surface area contributed by atoms with E-state index in [1.54, 1.807) is 6.07 Å². The smallest absolute Gasteiger partial charge is 0.319 e. The molecule has 0 aliphatic carbocycles. The number of hydrogen-bond acceptors (Lipinski definition) is 4. The average molecular weight is 538 g/mol. The Morgan fingerprint density at radius 2 is 1.79 bits per heavy atom. The van der Waals surface area contributed by atoms with Gasteiger partial charge in [-0.15, -0.1) is 0 Å². The molecule has 8 heteroatoms. The van der Waals surface area contributed by atoms with Crippen LogP contribution >= 0.6 is 0 Å². The zero-order chi connectivity index (χ0) is 27.3. The highest BCUT2D eigenvalue weighted by Gasteiger charge is 2.37. The number of rotatable bonds is 9. The summed E-state index contributed by atoms with van der Waals surface area (Å²) < 4.78 is 25.6. The summed E-state index contributed by atoms with van der Waals surface area (Å²) in [7, 11) is -1.83. The van der Waals surface area contributed by atoms with Crippen molar-refractivity contribution < 1.29 is 18.3 Å². The molecule has 38 heavy (non-hydrogen) atoms. The van der Waals surface area contributed by atoms with E-state index in [0.717, 1.165) is 36.8 Å². The Hall–Kier alpha value is -2.94. The maximum absolute atomic E-state index is 13.5. The molecule has 1 atom stereocenters. The first-order valence-electron chi connectivity index (χ1n) is 13.3. The quantitative estimate of drug-likeness (QED) is 0.233. The average Bonchev–Trinajstić information content (AvgIpc) is 3.28. The van der Waals surface area contributed by atoms with Gasteiger partial charge in [0, 0.05) is 25.7 Å². The molecule has 1 heterocycles. The van der Waals surface area contributed by atoms with Gasteiger partial charge in [0.2, 0.25) is 0 Å². The zero-order valence-corrected chi connectivity index (χ0v) is 24.1. The molecule has 2 N–H and O–H groups in total. The van der Waals surface area contributed by atoms with Gasteiger partial charge >= 0.3 is 6.03 Å². The summed E-state index contributed by atoms with van der Waals surface area (Å²) >= 11 is 0. The lowest BCUT2D eigenvalue weighted by atomic mass is 10.1. The van der Waals surface area contributed by atoms with Crippen molar-refractivity contribution in [1.29, 1.82) is 0 Å². The largest absolute Gasteiger partial charge is 0.489 e. The van der Waals surface area contributed by atoms with E-state index in [1.165, 1.54) is 11.6 Å². The lowest BCUT2D eigenvalue weighted by Crippen LogP contribution is -2.41. The van der Waals surface area contributed by atoms with Crippen LogP contribution < -0.4 is 15.4 Å². The first kappa shape index (κ1) is 28.1. The summed E-state index contributed by atoms with van der Waals surface area (Å²) in [6, 6.07) is 18.3. The molecule has 2 amide bonds. The number of likely N-dealkylation sites (tertiary alicyclic amines) is 1. The predicted octanol–water partition coefficient (Wildman–Crippen LogP) is 6.78. The summed E-state index contributed by atoms with van der Waals surface area (Å²) in [5.41, 5.74) is 1.82. The fraction of sp³-hybridized carbons (Fsp3) is 0.433. The Bertz CT molecular complexity index is 1260. The van der Waals surface area contributed by atoms with Crippen molar-refractivity contribution in [3.63, 3.8) is 0 Å². The second kappa shape index (κ2) is 11.8. The lowest BCUT2D eigenvalue weighted by molar-refractivity contribution is 0.204. The predicted molar refractivity (Wildman–Crippen MR) is 155 cm³/mol. The number of ether oxygens (including phenoxy) is 1. The van der Waals surface area contributed by atoms with Gasteiger partial charge in [0.25, 0.3) is 0 Å². The molecule has 0 unspecified atom stereocenters. The summed E-state index contributed by atoms with van der Waals surface area (Å²) in [6.07, 6.45) is 0.884. The maximum atomic E-state index is 13.5. The molecule has 0 spiro atoms. The fourth-order valence-corrected chi connectivity index (χ4v) is 5.45. The van der Waals surface area contributed by atoms with Crippen molar-refractivity contribution in [1.82, 2.24) is 10.2 Å². The maximum Gasteiger partial charge on any atom is 0.319 e. The number of carbonyl (C=O) groups is 1. The number of fused-ring (bicyclic) bond motifs is 1. The number of para-hydroxylation sites is 2. The van der Waals surface area contributed by atoms with Gasteiger partial charge in [-0.3, -0.25) is 4.90 Å². The fourth-order valence-electron chi connectivity index (χ4n) is 4.42. The summed E-state index contributed by atoms with van der Waals surface area (Å²) in [6.45, 7) is 14.5. The van der Waals surface area contributed by atoms with Gasteiger partial charge in [0.15, 0.2) is 8.32 Å². The molecule has 1 saturated heterocycles. The minimum atomic E-state index is -1.83. The van der Waals surface area contributed by atoms with Crippen LogP contribution in [0.4, 0.5) is 14.9 Å². The Labute approximate surface area is 226 Å². The molecular formula is C30H40FN3O3Si. The number of nitrogens with one attached hydrogen (secondary N) is 2.